The van der Waals surface area contributed by atoms with E-state index in [-0.39, 0.29) is 53.3 Å². The predicted molar refractivity (Wildman–Crippen MR) is 206 cm³/mol. The first-order chi connectivity index (χ1) is 25.7. The fourth-order valence-electron chi connectivity index (χ4n) is 8.02. The van der Waals surface area contributed by atoms with Gasteiger partial charge in [0.25, 0.3) is 0 Å². The third-order valence-electron chi connectivity index (χ3n) is 12.2. The molecular formula is C45H35F3IrN5O-. The summed E-state index contributed by atoms with van der Waals surface area (Å²) in [6, 6.07) is 32.9. The monoisotopic (exact) mass is 911 g/mol. The molecule has 6 nitrogen and oxygen atoms in total. The minimum absolute atomic E-state index is 0. The van der Waals surface area contributed by atoms with Crippen LogP contribution in [0, 0.1) is 11.5 Å². The minimum atomic E-state index is -4.69. The molecule has 4 aromatic heterocycles. The van der Waals surface area contributed by atoms with E-state index in [1.807, 2.05) is 78.9 Å². The van der Waals surface area contributed by atoms with Crippen LogP contribution in [0.25, 0.3) is 78.3 Å². The first kappa shape index (κ1) is 36.7. The Morgan fingerprint density at radius 1 is 0.636 bits per heavy atom. The van der Waals surface area contributed by atoms with E-state index in [0.717, 1.165) is 16.8 Å². The van der Waals surface area contributed by atoms with Crippen molar-refractivity contribution in [2.75, 3.05) is 0 Å². The summed E-state index contributed by atoms with van der Waals surface area (Å²) < 4.78 is 49.3. The van der Waals surface area contributed by atoms with E-state index in [9.17, 15) is 13.2 Å². The van der Waals surface area contributed by atoms with Gasteiger partial charge in [0, 0.05) is 42.6 Å². The van der Waals surface area contributed by atoms with Crippen LogP contribution in [0.2, 0.25) is 0 Å². The van der Waals surface area contributed by atoms with E-state index in [1.54, 1.807) is 0 Å². The Bertz CT molecular complexity index is 2810. The normalized spacial score (nSPS) is 15.7. The third kappa shape index (κ3) is 5.52. The largest absolute Gasteiger partial charge is 0.455 e. The zero-order valence-corrected chi connectivity index (χ0v) is 33.3. The van der Waals surface area contributed by atoms with Crippen LogP contribution >= 0.6 is 0 Å². The molecule has 0 unspecified atom stereocenters. The second-order valence-corrected chi connectivity index (χ2v) is 15.6. The van der Waals surface area contributed by atoms with Gasteiger partial charge in [0.15, 0.2) is 17.5 Å². The van der Waals surface area contributed by atoms with Gasteiger partial charge in [-0.3, -0.25) is 0 Å². The Labute approximate surface area is 329 Å². The van der Waals surface area contributed by atoms with Gasteiger partial charge >= 0.3 is 6.18 Å². The van der Waals surface area contributed by atoms with E-state index in [2.05, 4.69) is 58.7 Å². The molecule has 1 radical (unpaired) electrons. The Morgan fingerprint density at radius 3 is 2.04 bits per heavy atom. The molecule has 4 aromatic carbocycles. The predicted octanol–water partition coefficient (Wildman–Crippen LogP) is 11.8. The average Bonchev–Trinajstić information content (AvgIpc) is 3.59. The molecule has 0 bridgehead atoms. The fourth-order valence-corrected chi connectivity index (χ4v) is 8.02. The van der Waals surface area contributed by atoms with Crippen LogP contribution in [-0.2, 0) is 37.1 Å². The van der Waals surface area contributed by atoms with Gasteiger partial charge in [0.05, 0.1) is 16.6 Å². The van der Waals surface area contributed by atoms with Crippen molar-refractivity contribution in [3.05, 3.63) is 126 Å². The number of alkyl halides is 3. The smallest absolute Gasteiger partial charge is 0.433 e. The summed E-state index contributed by atoms with van der Waals surface area (Å²) >= 11 is 0. The molecule has 4 heterocycles. The summed E-state index contributed by atoms with van der Waals surface area (Å²) in [5.41, 5.74) is 4.99. The number of furan rings is 1. The molecule has 10 heteroatoms. The number of nitrogens with zero attached hydrogens (tertiary/aromatic N) is 5. The Balaban J connectivity index is 0.00000427. The molecule has 0 spiro atoms. The molecule has 0 amide bonds. The first-order valence-electron chi connectivity index (χ1n) is 17.8. The molecule has 0 N–H and O–H groups in total. The zero-order valence-electron chi connectivity index (χ0n) is 30.9. The Hall–Kier alpha value is -5.31. The molecule has 9 rings (SSSR count). The van der Waals surface area contributed by atoms with Crippen LogP contribution < -0.4 is 0 Å². The first-order valence-corrected chi connectivity index (χ1v) is 17.8. The van der Waals surface area contributed by atoms with Gasteiger partial charge in [0.2, 0.25) is 0 Å². The van der Waals surface area contributed by atoms with E-state index in [1.165, 1.54) is 23.4 Å². The third-order valence-corrected chi connectivity index (χ3v) is 12.2. The Morgan fingerprint density at radius 2 is 1.29 bits per heavy atom. The van der Waals surface area contributed by atoms with Crippen LogP contribution in [0.15, 0.2) is 108 Å². The molecule has 0 saturated carbocycles. The van der Waals surface area contributed by atoms with Crippen molar-refractivity contribution >= 4 is 32.8 Å². The van der Waals surface area contributed by atoms with E-state index >= 15 is 0 Å². The van der Waals surface area contributed by atoms with Crippen molar-refractivity contribution in [3.8, 4) is 45.4 Å². The fraction of sp³-hybridized carbons (Fsp3) is 0.222. The summed E-state index contributed by atoms with van der Waals surface area (Å²) in [4.78, 5) is 23.8. The summed E-state index contributed by atoms with van der Waals surface area (Å²) in [6.07, 6.45) is -3.17. The number of benzene rings is 4. The standard InChI is InChI=1S/C45H35F3N5O.Ir/c1-42(2)32-21-19-26(23-33(32)43(3,4)44(42,5)6)36-29-20-22-35(45(46,47)48)50-37(29)31(24-49-36)41-52-39(25-13-8-7-9-14-25)51-40(53-41)30-17-12-16-28-27-15-10-11-18-34(27)54-38(28)30;/h7-18,20-24H,1-6H3;/q-1;. The van der Waals surface area contributed by atoms with Crippen molar-refractivity contribution in [1.82, 2.24) is 24.9 Å². The van der Waals surface area contributed by atoms with Crippen LogP contribution in [0.4, 0.5) is 13.2 Å². The molecule has 1 aliphatic rings. The molecule has 0 saturated heterocycles. The zero-order chi connectivity index (χ0) is 37.8. The maximum absolute atomic E-state index is 14.3. The molecule has 55 heavy (non-hydrogen) atoms. The number of halogens is 3. The molecular weight excluding hydrogens is 876 g/mol. The van der Waals surface area contributed by atoms with Crippen molar-refractivity contribution in [3.63, 3.8) is 0 Å². The van der Waals surface area contributed by atoms with E-state index in [4.69, 9.17) is 24.4 Å². The minimum Gasteiger partial charge on any atom is -0.455 e. The van der Waals surface area contributed by atoms with Crippen LogP contribution in [0.1, 0.15) is 58.4 Å². The summed E-state index contributed by atoms with van der Waals surface area (Å²) in [5.74, 6) is 0.768. The molecule has 8 aromatic rings. The SMILES string of the molecule is CC1(C)c2c[c-]c(-c3ncc(-c4nc(-c5ccccc5)nc(-c5cccc6c5oc5ccccc56)n4)c4nc(C(F)(F)F)ccc34)cc2C(C)(C)C1(C)C.[Ir]. The average molecular weight is 911 g/mol. The Kier molecular flexibility index (Phi) is 8.41. The number of rotatable bonds is 4. The maximum Gasteiger partial charge on any atom is 0.433 e. The van der Waals surface area contributed by atoms with E-state index in [0.29, 0.717) is 50.6 Å². The van der Waals surface area contributed by atoms with Crippen molar-refractivity contribution < 1.29 is 37.7 Å². The number of pyridine rings is 2. The molecule has 0 fully saturated rings. The van der Waals surface area contributed by atoms with Gasteiger partial charge in [-0.15, -0.1) is 34.9 Å². The van der Waals surface area contributed by atoms with Gasteiger partial charge in [0.1, 0.15) is 16.9 Å². The van der Waals surface area contributed by atoms with Crippen molar-refractivity contribution in [2.45, 2.75) is 58.5 Å². The van der Waals surface area contributed by atoms with Crippen molar-refractivity contribution in [1.29, 1.82) is 0 Å². The van der Waals surface area contributed by atoms with Crippen molar-refractivity contribution in [2.24, 2.45) is 5.41 Å². The summed E-state index contributed by atoms with van der Waals surface area (Å²) in [6.45, 7) is 13.5. The second kappa shape index (κ2) is 12.6. The number of aromatic nitrogens is 5. The molecule has 1 aliphatic carbocycles. The second-order valence-electron chi connectivity index (χ2n) is 15.6. The number of fused-ring (bicyclic) bond motifs is 5. The summed E-state index contributed by atoms with van der Waals surface area (Å²) in [7, 11) is 0. The van der Waals surface area contributed by atoms with Crippen LogP contribution in [-0.4, -0.2) is 24.9 Å². The van der Waals surface area contributed by atoms with Gasteiger partial charge in [-0.05, 0) is 45.5 Å². The number of hydrogen-bond acceptors (Lipinski definition) is 6. The summed E-state index contributed by atoms with van der Waals surface area (Å²) in [5, 5.41) is 2.26. The van der Waals surface area contributed by atoms with E-state index < -0.39 is 11.9 Å². The van der Waals surface area contributed by atoms with Gasteiger partial charge < -0.3 is 9.40 Å². The molecule has 277 valence electrons. The number of para-hydroxylation sites is 2. The molecule has 0 atom stereocenters. The van der Waals surface area contributed by atoms with Crippen LogP contribution in [0.5, 0.6) is 0 Å². The maximum atomic E-state index is 14.3. The van der Waals surface area contributed by atoms with Gasteiger partial charge in [-0.2, -0.15) is 13.2 Å². The quantitative estimate of drug-likeness (QED) is 0.164. The van der Waals surface area contributed by atoms with Crippen LogP contribution in [0.3, 0.4) is 0 Å². The van der Waals surface area contributed by atoms with Gasteiger partial charge in [-0.1, -0.05) is 108 Å². The number of hydrogen-bond donors (Lipinski definition) is 0. The topological polar surface area (TPSA) is 77.6 Å². The molecule has 0 aliphatic heterocycles. The van der Waals surface area contributed by atoms with Gasteiger partial charge in [-0.25, -0.2) is 19.9 Å².